The monoisotopic (exact) mass is 382 g/mol. The Morgan fingerprint density at radius 1 is 1.04 bits per heavy atom. The highest BCUT2D eigenvalue weighted by Gasteiger charge is 2.07. The molecule has 0 unspecified atom stereocenters. The molecule has 0 atom stereocenters. The third kappa shape index (κ3) is 5.21. The predicted octanol–water partition coefficient (Wildman–Crippen LogP) is 4.53. The molecule has 0 fully saturated rings. The largest absolute Gasteiger partial charge is 0.459 e. The zero-order valence-electron chi connectivity index (χ0n) is 14.8. The Bertz CT molecular complexity index is 948. The van der Waals surface area contributed by atoms with Crippen molar-refractivity contribution in [1.29, 1.82) is 0 Å². The molecular formula is C21H19ClN2O3. The van der Waals surface area contributed by atoms with Crippen LogP contribution >= 0.6 is 11.6 Å². The van der Waals surface area contributed by atoms with Crippen LogP contribution < -0.4 is 10.6 Å². The van der Waals surface area contributed by atoms with E-state index in [2.05, 4.69) is 10.6 Å². The van der Waals surface area contributed by atoms with E-state index in [1.165, 1.54) is 6.92 Å². The predicted molar refractivity (Wildman–Crippen MR) is 106 cm³/mol. The Morgan fingerprint density at radius 3 is 2.56 bits per heavy atom. The molecule has 0 saturated carbocycles. The van der Waals surface area contributed by atoms with Crippen molar-refractivity contribution in [3.63, 3.8) is 0 Å². The third-order valence-corrected chi connectivity index (χ3v) is 4.22. The van der Waals surface area contributed by atoms with Gasteiger partial charge in [-0.25, -0.2) is 0 Å². The van der Waals surface area contributed by atoms with E-state index >= 15 is 0 Å². The first-order chi connectivity index (χ1) is 13.0. The van der Waals surface area contributed by atoms with E-state index in [4.69, 9.17) is 16.0 Å². The number of carbonyl (C=O) groups is 2. The molecule has 5 nitrogen and oxygen atoms in total. The van der Waals surface area contributed by atoms with Crippen molar-refractivity contribution in [3.8, 4) is 11.3 Å². The molecule has 2 aromatic carbocycles. The van der Waals surface area contributed by atoms with Gasteiger partial charge in [-0.2, -0.15) is 0 Å². The minimum absolute atomic E-state index is 0.0163. The number of hydrogen-bond acceptors (Lipinski definition) is 4. The third-order valence-electron chi connectivity index (χ3n) is 3.97. The highest BCUT2D eigenvalue weighted by Crippen LogP contribution is 2.23. The number of amides is 1. The number of benzene rings is 2. The molecular weight excluding hydrogens is 364 g/mol. The van der Waals surface area contributed by atoms with Gasteiger partial charge < -0.3 is 15.1 Å². The molecule has 0 bridgehead atoms. The van der Waals surface area contributed by atoms with Gasteiger partial charge in [0.2, 0.25) is 5.91 Å². The van der Waals surface area contributed by atoms with Gasteiger partial charge in [-0.3, -0.25) is 9.59 Å². The fraction of sp³-hybridized carbons (Fsp3) is 0.143. The van der Waals surface area contributed by atoms with Crippen molar-refractivity contribution >= 4 is 29.0 Å². The quantitative estimate of drug-likeness (QED) is 0.589. The normalized spacial score (nSPS) is 10.4. The van der Waals surface area contributed by atoms with Crippen molar-refractivity contribution in [1.82, 2.24) is 5.32 Å². The average molecular weight is 383 g/mol. The molecule has 0 aliphatic carbocycles. The maximum absolute atomic E-state index is 12.0. The SMILES string of the molecule is CC(=O)c1cccc(NCC(=O)NCc2ccc(-c3ccc(Cl)cc3)o2)c1. The van der Waals surface area contributed by atoms with Gasteiger partial charge in [0.25, 0.3) is 0 Å². The molecule has 6 heteroatoms. The number of rotatable bonds is 7. The van der Waals surface area contributed by atoms with E-state index in [0.717, 1.165) is 17.0 Å². The molecule has 0 saturated heterocycles. The molecule has 0 aliphatic rings. The Morgan fingerprint density at radius 2 is 1.81 bits per heavy atom. The summed E-state index contributed by atoms with van der Waals surface area (Å²) in [7, 11) is 0. The van der Waals surface area contributed by atoms with Gasteiger partial charge in [0.15, 0.2) is 5.78 Å². The first kappa shape index (κ1) is 18.7. The van der Waals surface area contributed by atoms with Crippen LogP contribution in [0.15, 0.2) is 65.1 Å². The minimum Gasteiger partial charge on any atom is -0.459 e. The van der Waals surface area contributed by atoms with Gasteiger partial charge in [-0.15, -0.1) is 0 Å². The molecule has 3 rings (SSSR count). The fourth-order valence-electron chi connectivity index (χ4n) is 2.52. The molecule has 1 amide bonds. The van der Waals surface area contributed by atoms with Crippen molar-refractivity contribution in [2.45, 2.75) is 13.5 Å². The molecule has 1 aromatic heterocycles. The lowest BCUT2D eigenvalue weighted by molar-refractivity contribution is -0.119. The summed E-state index contributed by atoms with van der Waals surface area (Å²) in [5.74, 6) is 1.19. The molecule has 2 N–H and O–H groups in total. The van der Waals surface area contributed by atoms with E-state index in [-0.39, 0.29) is 18.2 Å². The summed E-state index contributed by atoms with van der Waals surface area (Å²) in [6.45, 7) is 1.90. The molecule has 0 spiro atoms. The summed E-state index contributed by atoms with van der Waals surface area (Å²) in [5, 5.41) is 6.47. The first-order valence-electron chi connectivity index (χ1n) is 8.47. The van der Waals surface area contributed by atoms with Crippen molar-refractivity contribution in [2.24, 2.45) is 0 Å². The van der Waals surface area contributed by atoms with E-state index in [1.807, 2.05) is 30.3 Å². The first-order valence-corrected chi connectivity index (χ1v) is 8.85. The second-order valence-electron chi connectivity index (χ2n) is 6.04. The zero-order chi connectivity index (χ0) is 19.2. The summed E-state index contributed by atoms with van der Waals surface area (Å²) in [5.41, 5.74) is 2.25. The summed E-state index contributed by atoms with van der Waals surface area (Å²) >= 11 is 5.89. The van der Waals surface area contributed by atoms with Crippen LogP contribution in [0.5, 0.6) is 0 Å². The number of halogens is 1. The highest BCUT2D eigenvalue weighted by atomic mass is 35.5. The van der Waals surface area contributed by atoms with Gasteiger partial charge >= 0.3 is 0 Å². The topological polar surface area (TPSA) is 71.3 Å². The molecule has 3 aromatic rings. The number of ketones is 1. The van der Waals surface area contributed by atoms with Gasteiger partial charge in [-0.1, -0.05) is 23.7 Å². The summed E-state index contributed by atoms with van der Waals surface area (Å²) in [6.07, 6.45) is 0. The van der Waals surface area contributed by atoms with Crippen molar-refractivity contribution in [3.05, 3.63) is 77.0 Å². The standard InChI is InChI=1S/C21H19ClN2O3/c1-14(25)16-3-2-4-18(11-16)23-13-21(26)24-12-19-9-10-20(27-19)15-5-7-17(22)8-6-15/h2-11,23H,12-13H2,1H3,(H,24,26). The molecule has 138 valence electrons. The number of Topliss-reactive ketones (excluding diaryl/α,β-unsaturated/α-hetero) is 1. The second kappa shape index (κ2) is 8.56. The lowest BCUT2D eigenvalue weighted by Gasteiger charge is -2.08. The maximum Gasteiger partial charge on any atom is 0.239 e. The number of hydrogen-bond donors (Lipinski definition) is 2. The van der Waals surface area contributed by atoms with Crippen LogP contribution in [0, 0.1) is 0 Å². The number of anilines is 1. The smallest absolute Gasteiger partial charge is 0.239 e. The van der Waals surface area contributed by atoms with E-state index in [1.54, 1.807) is 30.3 Å². The summed E-state index contributed by atoms with van der Waals surface area (Å²) in [6, 6.07) is 18.1. The lowest BCUT2D eigenvalue weighted by Crippen LogP contribution is -2.29. The number of furan rings is 1. The van der Waals surface area contributed by atoms with Crippen molar-refractivity contribution < 1.29 is 14.0 Å². The van der Waals surface area contributed by atoms with E-state index < -0.39 is 0 Å². The van der Waals surface area contributed by atoms with Crippen LogP contribution in [0.2, 0.25) is 5.02 Å². The number of carbonyl (C=O) groups excluding carboxylic acids is 2. The molecule has 1 heterocycles. The van der Waals surface area contributed by atoms with Crippen molar-refractivity contribution in [2.75, 3.05) is 11.9 Å². The van der Waals surface area contributed by atoms with E-state index in [0.29, 0.717) is 22.9 Å². The number of nitrogens with one attached hydrogen (secondary N) is 2. The second-order valence-corrected chi connectivity index (χ2v) is 6.48. The lowest BCUT2D eigenvalue weighted by atomic mass is 10.1. The molecule has 27 heavy (non-hydrogen) atoms. The Labute approximate surface area is 162 Å². The average Bonchev–Trinajstić information content (AvgIpc) is 3.14. The minimum atomic E-state index is -0.173. The fourth-order valence-corrected chi connectivity index (χ4v) is 2.65. The summed E-state index contributed by atoms with van der Waals surface area (Å²) in [4.78, 5) is 23.4. The zero-order valence-corrected chi connectivity index (χ0v) is 15.5. The van der Waals surface area contributed by atoms with Crippen LogP contribution in [0.3, 0.4) is 0 Å². The van der Waals surface area contributed by atoms with Gasteiger partial charge in [0.1, 0.15) is 11.5 Å². The van der Waals surface area contributed by atoms with Crippen LogP contribution in [0.25, 0.3) is 11.3 Å². The van der Waals surface area contributed by atoms with Gasteiger partial charge in [0, 0.05) is 21.8 Å². The Kier molecular flexibility index (Phi) is 5.94. The Hall–Kier alpha value is -3.05. The van der Waals surface area contributed by atoms with Crippen LogP contribution in [-0.4, -0.2) is 18.2 Å². The maximum atomic E-state index is 12.0. The Balaban J connectivity index is 1.50. The highest BCUT2D eigenvalue weighted by molar-refractivity contribution is 6.30. The van der Waals surface area contributed by atoms with Crippen LogP contribution in [0.1, 0.15) is 23.0 Å². The van der Waals surface area contributed by atoms with Gasteiger partial charge in [-0.05, 0) is 55.5 Å². The molecule has 0 radical (unpaired) electrons. The van der Waals surface area contributed by atoms with Crippen LogP contribution in [-0.2, 0) is 11.3 Å². The van der Waals surface area contributed by atoms with E-state index in [9.17, 15) is 9.59 Å². The van der Waals surface area contributed by atoms with Crippen LogP contribution in [0.4, 0.5) is 5.69 Å². The summed E-state index contributed by atoms with van der Waals surface area (Å²) < 4.78 is 5.75. The molecule has 0 aliphatic heterocycles. The van der Waals surface area contributed by atoms with Gasteiger partial charge in [0.05, 0.1) is 13.1 Å².